The maximum Gasteiger partial charge on any atom is 0.237 e. The van der Waals surface area contributed by atoms with Gasteiger partial charge in [0.1, 0.15) is 5.88 Å². The quantitative estimate of drug-likeness (QED) is 0.794. The Morgan fingerprint density at radius 2 is 1.70 bits per heavy atom. The average molecular weight is 289 g/mol. The topological polar surface area (TPSA) is 23.6 Å². The van der Waals surface area contributed by atoms with Gasteiger partial charge in [-0.25, -0.2) is 0 Å². The third kappa shape index (κ3) is 2.46. The number of carbonyl (C=O) groups is 1. The fourth-order valence-corrected chi connectivity index (χ4v) is 2.93. The van der Waals surface area contributed by atoms with E-state index in [1.807, 2.05) is 4.90 Å². The Kier molecular flexibility index (Phi) is 3.79. The van der Waals surface area contributed by atoms with Crippen LogP contribution in [0.5, 0.6) is 0 Å². The molecule has 4 heteroatoms. The number of anilines is 1. The second kappa shape index (κ2) is 5.71. The predicted molar refractivity (Wildman–Crippen MR) is 83.5 cm³/mol. The molecule has 0 unspecified atom stereocenters. The molecule has 0 radical (unpaired) electrons. The molecule has 2 aromatic rings. The minimum atomic E-state index is 0.0317. The van der Waals surface area contributed by atoms with Gasteiger partial charge in [-0.2, -0.15) is 0 Å². The average Bonchev–Trinajstić information content (AvgIpc) is 2.54. The number of rotatable bonds is 2. The van der Waals surface area contributed by atoms with E-state index in [0.29, 0.717) is 0 Å². The predicted octanol–water partition coefficient (Wildman–Crippen LogP) is 2.73. The van der Waals surface area contributed by atoms with Gasteiger partial charge in [-0.05, 0) is 11.5 Å². The number of piperazine rings is 1. The van der Waals surface area contributed by atoms with Crippen molar-refractivity contribution in [3.05, 3.63) is 42.5 Å². The molecule has 1 aliphatic heterocycles. The van der Waals surface area contributed by atoms with Gasteiger partial charge in [0, 0.05) is 37.3 Å². The zero-order chi connectivity index (χ0) is 13.9. The first kappa shape index (κ1) is 13.3. The molecule has 0 aliphatic carbocycles. The molecule has 1 heterocycles. The van der Waals surface area contributed by atoms with Crippen molar-refractivity contribution in [2.45, 2.75) is 0 Å². The van der Waals surface area contributed by atoms with E-state index in [0.717, 1.165) is 26.2 Å². The second-order valence-electron chi connectivity index (χ2n) is 5.00. The van der Waals surface area contributed by atoms with Crippen LogP contribution in [-0.4, -0.2) is 42.9 Å². The van der Waals surface area contributed by atoms with Crippen LogP contribution in [0.1, 0.15) is 0 Å². The molecule has 1 aliphatic rings. The van der Waals surface area contributed by atoms with Crippen LogP contribution in [0, 0.1) is 0 Å². The molecular formula is C16H17ClN2O. The molecule has 0 saturated carbocycles. The van der Waals surface area contributed by atoms with Crippen molar-refractivity contribution in [2.24, 2.45) is 0 Å². The van der Waals surface area contributed by atoms with Crippen molar-refractivity contribution in [3.63, 3.8) is 0 Å². The van der Waals surface area contributed by atoms with Gasteiger partial charge in [-0.15, -0.1) is 11.6 Å². The zero-order valence-corrected chi connectivity index (χ0v) is 12.0. The van der Waals surface area contributed by atoms with Gasteiger partial charge in [0.2, 0.25) is 5.91 Å². The monoisotopic (exact) mass is 288 g/mol. The molecule has 20 heavy (non-hydrogen) atoms. The van der Waals surface area contributed by atoms with E-state index in [1.165, 1.54) is 16.5 Å². The highest BCUT2D eigenvalue weighted by Crippen LogP contribution is 2.27. The Bertz CT molecular complexity index is 615. The largest absolute Gasteiger partial charge is 0.367 e. The van der Waals surface area contributed by atoms with E-state index in [1.54, 1.807) is 0 Å². The number of nitrogens with zero attached hydrogens (tertiary/aromatic N) is 2. The Morgan fingerprint density at radius 1 is 1.00 bits per heavy atom. The molecule has 0 aromatic heterocycles. The van der Waals surface area contributed by atoms with Crippen LogP contribution in [-0.2, 0) is 4.79 Å². The Hall–Kier alpha value is -1.74. The van der Waals surface area contributed by atoms with Gasteiger partial charge in [0.05, 0.1) is 0 Å². The fraction of sp³-hybridized carbons (Fsp3) is 0.312. The molecule has 0 atom stereocenters. The lowest BCUT2D eigenvalue weighted by Crippen LogP contribution is -2.49. The standard InChI is InChI=1S/C16H17ClN2O/c17-12-16(20)19-10-8-18(9-11-19)15-7-3-5-13-4-1-2-6-14(13)15/h1-7H,8-12H2. The highest BCUT2D eigenvalue weighted by molar-refractivity contribution is 6.27. The Balaban J connectivity index is 1.82. The van der Waals surface area contributed by atoms with E-state index >= 15 is 0 Å². The summed E-state index contributed by atoms with van der Waals surface area (Å²) in [6.07, 6.45) is 0. The molecule has 0 N–H and O–H groups in total. The first-order valence-corrected chi connectivity index (χ1v) is 7.39. The molecule has 2 aromatic carbocycles. The first-order chi connectivity index (χ1) is 9.79. The van der Waals surface area contributed by atoms with Crippen LogP contribution in [0.4, 0.5) is 5.69 Å². The number of hydrogen-bond donors (Lipinski definition) is 0. The summed E-state index contributed by atoms with van der Waals surface area (Å²) in [7, 11) is 0. The molecule has 0 bridgehead atoms. The van der Waals surface area contributed by atoms with E-state index in [2.05, 4.69) is 47.4 Å². The number of amides is 1. The molecular weight excluding hydrogens is 272 g/mol. The number of alkyl halides is 1. The number of benzene rings is 2. The third-order valence-corrected chi connectivity index (χ3v) is 4.08. The lowest BCUT2D eigenvalue weighted by atomic mass is 10.1. The van der Waals surface area contributed by atoms with E-state index in [-0.39, 0.29) is 11.8 Å². The molecule has 104 valence electrons. The normalized spacial score (nSPS) is 15.7. The van der Waals surface area contributed by atoms with Crippen LogP contribution < -0.4 is 4.90 Å². The van der Waals surface area contributed by atoms with Crippen molar-refractivity contribution < 1.29 is 4.79 Å². The van der Waals surface area contributed by atoms with Gasteiger partial charge in [-0.3, -0.25) is 4.79 Å². The second-order valence-corrected chi connectivity index (χ2v) is 5.27. The van der Waals surface area contributed by atoms with Gasteiger partial charge < -0.3 is 9.80 Å². The summed E-state index contributed by atoms with van der Waals surface area (Å²) in [6.45, 7) is 3.21. The number of fused-ring (bicyclic) bond motifs is 1. The maximum atomic E-state index is 11.6. The first-order valence-electron chi connectivity index (χ1n) is 6.86. The molecule has 0 spiro atoms. The summed E-state index contributed by atoms with van der Waals surface area (Å²) in [5.41, 5.74) is 1.25. The summed E-state index contributed by atoms with van der Waals surface area (Å²) >= 11 is 5.61. The minimum absolute atomic E-state index is 0.0317. The van der Waals surface area contributed by atoms with Gasteiger partial charge in [0.25, 0.3) is 0 Å². The van der Waals surface area contributed by atoms with Gasteiger partial charge in [0.15, 0.2) is 0 Å². The van der Waals surface area contributed by atoms with Crippen molar-refractivity contribution >= 4 is 34.0 Å². The lowest BCUT2D eigenvalue weighted by molar-refractivity contribution is -0.128. The molecule has 3 rings (SSSR count). The molecule has 1 fully saturated rings. The van der Waals surface area contributed by atoms with E-state index in [4.69, 9.17) is 11.6 Å². The highest BCUT2D eigenvalue weighted by Gasteiger charge is 2.21. The number of halogens is 1. The van der Waals surface area contributed by atoms with E-state index < -0.39 is 0 Å². The van der Waals surface area contributed by atoms with Crippen molar-refractivity contribution in [1.29, 1.82) is 0 Å². The maximum absolute atomic E-state index is 11.6. The van der Waals surface area contributed by atoms with Crippen LogP contribution in [0.25, 0.3) is 10.8 Å². The van der Waals surface area contributed by atoms with E-state index in [9.17, 15) is 4.79 Å². The summed E-state index contributed by atoms with van der Waals surface area (Å²) in [5, 5.41) is 2.52. The van der Waals surface area contributed by atoms with Crippen LogP contribution >= 0.6 is 11.6 Å². The molecule has 3 nitrogen and oxygen atoms in total. The third-order valence-electron chi connectivity index (χ3n) is 3.85. The van der Waals surface area contributed by atoms with Crippen molar-refractivity contribution in [3.8, 4) is 0 Å². The molecule has 1 amide bonds. The SMILES string of the molecule is O=C(CCl)N1CCN(c2cccc3ccccc23)CC1. The zero-order valence-electron chi connectivity index (χ0n) is 11.3. The van der Waals surface area contributed by atoms with Crippen molar-refractivity contribution in [2.75, 3.05) is 37.0 Å². The van der Waals surface area contributed by atoms with Crippen molar-refractivity contribution in [1.82, 2.24) is 4.90 Å². The summed E-state index contributed by atoms with van der Waals surface area (Å²) < 4.78 is 0. The summed E-state index contributed by atoms with van der Waals surface area (Å²) in [4.78, 5) is 15.8. The number of hydrogen-bond acceptors (Lipinski definition) is 2. The van der Waals surface area contributed by atoms with Gasteiger partial charge in [-0.1, -0.05) is 36.4 Å². The number of carbonyl (C=O) groups excluding carboxylic acids is 1. The fourth-order valence-electron chi connectivity index (χ4n) is 2.77. The van der Waals surface area contributed by atoms with Crippen LogP contribution in [0.3, 0.4) is 0 Å². The smallest absolute Gasteiger partial charge is 0.237 e. The summed E-state index contributed by atoms with van der Waals surface area (Å²) in [6, 6.07) is 14.8. The van der Waals surface area contributed by atoms with Gasteiger partial charge >= 0.3 is 0 Å². The Morgan fingerprint density at radius 3 is 2.45 bits per heavy atom. The van der Waals surface area contributed by atoms with Crippen LogP contribution in [0.2, 0.25) is 0 Å². The van der Waals surface area contributed by atoms with Crippen LogP contribution in [0.15, 0.2) is 42.5 Å². The lowest BCUT2D eigenvalue weighted by Gasteiger charge is -2.36. The minimum Gasteiger partial charge on any atom is -0.367 e. The highest BCUT2D eigenvalue weighted by atomic mass is 35.5. The summed E-state index contributed by atoms with van der Waals surface area (Å²) in [5.74, 6) is 0.109. The molecule has 1 saturated heterocycles. The Labute approximate surface area is 123 Å².